The van der Waals surface area contributed by atoms with Crippen LogP contribution in [0.25, 0.3) is 0 Å². The molecule has 0 radical (unpaired) electrons. The van der Waals surface area contributed by atoms with Gasteiger partial charge in [-0.2, -0.15) is 5.26 Å². The zero-order valence-corrected chi connectivity index (χ0v) is 9.86. The largest absolute Gasteiger partial charge is 0.394 e. The van der Waals surface area contributed by atoms with E-state index in [9.17, 15) is 4.79 Å². The second kappa shape index (κ2) is 5.28. The predicted octanol–water partition coefficient (Wildman–Crippen LogP) is -0.139. The summed E-state index contributed by atoms with van der Waals surface area (Å²) in [5.41, 5.74) is -0.461. The third-order valence-corrected chi connectivity index (χ3v) is 2.84. The third kappa shape index (κ3) is 3.19. The highest BCUT2D eigenvalue weighted by Gasteiger charge is 2.29. The molecular weight excluding hydrogens is 206 g/mol. The molecule has 1 unspecified atom stereocenters. The molecule has 0 aliphatic carbocycles. The zero-order chi connectivity index (χ0) is 12.2. The van der Waals surface area contributed by atoms with Gasteiger partial charge in [-0.25, -0.2) is 0 Å². The molecule has 1 amide bonds. The summed E-state index contributed by atoms with van der Waals surface area (Å²) in [5.74, 6) is -0.0643. The van der Waals surface area contributed by atoms with Gasteiger partial charge >= 0.3 is 0 Å². The monoisotopic (exact) mass is 225 g/mol. The van der Waals surface area contributed by atoms with E-state index in [4.69, 9.17) is 10.4 Å². The minimum atomic E-state index is -0.461. The second-order valence-electron chi connectivity index (χ2n) is 4.77. The molecule has 0 aromatic heterocycles. The fourth-order valence-corrected chi connectivity index (χ4v) is 1.67. The number of carbonyl (C=O) groups excluding carboxylic acids is 1. The first-order valence-electron chi connectivity index (χ1n) is 5.55. The number of hydrogen-bond acceptors (Lipinski definition) is 4. The molecule has 90 valence electrons. The lowest BCUT2D eigenvalue weighted by Crippen LogP contribution is -2.49. The maximum atomic E-state index is 11.8. The number of nitrogens with one attached hydrogen (secondary N) is 1. The maximum absolute atomic E-state index is 11.8. The van der Waals surface area contributed by atoms with Gasteiger partial charge in [0.25, 0.3) is 0 Å². The lowest BCUT2D eigenvalue weighted by atomic mass is 10.1. The summed E-state index contributed by atoms with van der Waals surface area (Å²) in [6.45, 7) is 4.46. The molecule has 2 N–H and O–H groups in total. The van der Waals surface area contributed by atoms with Crippen LogP contribution in [-0.4, -0.2) is 47.2 Å². The van der Waals surface area contributed by atoms with E-state index in [-0.39, 0.29) is 25.1 Å². The normalized spacial score (nSPS) is 20.9. The van der Waals surface area contributed by atoms with E-state index >= 15 is 0 Å². The fourth-order valence-electron chi connectivity index (χ4n) is 1.67. The Bertz CT molecular complexity index is 296. The average molecular weight is 225 g/mol. The summed E-state index contributed by atoms with van der Waals surface area (Å²) in [6.07, 6.45) is 1.67. The molecular formula is C11H19N3O2. The van der Waals surface area contributed by atoms with Crippen LogP contribution in [-0.2, 0) is 4.79 Å². The van der Waals surface area contributed by atoms with E-state index in [0.717, 1.165) is 12.8 Å². The first kappa shape index (κ1) is 12.9. The number of amides is 1. The van der Waals surface area contributed by atoms with Gasteiger partial charge in [0, 0.05) is 12.1 Å². The van der Waals surface area contributed by atoms with Crippen molar-refractivity contribution in [3.63, 3.8) is 0 Å². The molecule has 1 saturated heterocycles. The van der Waals surface area contributed by atoms with Crippen LogP contribution in [0.3, 0.4) is 0 Å². The van der Waals surface area contributed by atoms with E-state index in [1.54, 1.807) is 4.90 Å². The zero-order valence-electron chi connectivity index (χ0n) is 9.86. The van der Waals surface area contributed by atoms with Gasteiger partial charge < -0.3 is 15.3 Å². The van der Waals surface area contributed by atoms with Gasteiger partial charge in [0.05, 0.1) is 19.2 Å². The van der Waals surface area contributed by atoms with Crippen molar-refractivity contribution in [1.82, 2.24) is 10.2 Å². The summed E-state index contributed by atoms with van der Waals surface area (Å²) in [7, 11) is 0. The molecule has 0 saturated carbocycles. The number of rotatable bonds is 4. The topological polar surface area (TPSA) is 76.4 Å². The van der Waals surface area contributed by atoms with Crippen molar-refractivity contribution in [3.05, 3.63) is 0 Å². The van der Waals surface area contributed by atoms with Crippen molar-refractivity contribution in [2.75, 3.05) is 19.7 Å². The molecule has 16 heavy (non-hydrogen) atoms. The predicted molar refractivity (Wildman–Crippen MR) is 59.5 cm³/mol. The molecule has 1 fully saturated rings. The van der Waals surface area contributed by atoms with Crippen LogP contribution in [0, 0.1) is 11.3 Å². The van der Waals surface area contributed by atoms with Crippen LogP contribution in [0.15, 0.2) is 0 Å². The van der Waals surface area contributed by atoms with E-state index in [0.29, 0.717) is 6.54 Å². The molecule has 1 aliphatic heterocycles. The quantitative estimate of drug-likeness (QED) is 0.698. The highest BCUT2D eigenvalue weighted by Crippen LogP contribution is 2.16. The first-order chi connectivity index (χ1) is 7.50. The SMILES string of the molecule is CC(C)(CO)NCC(=O)N1CCCC1C#N. The number of likely N-dealkylation sites (tertiary alicyclic amines) is 1. The lowest BCUT2D eigenvalue weighted by Gasteiger charge is -2.26. The van der Waals surface area contributed by atoms with E-state index in [1.165, 1.54) is 0 Å². The van der Waals surface area contributed by atoms with E-state index in [2.05, 4.69) is 11.4 Å². The highest BCUT2D eigenvalue weighted by molar-refractivity contribution is 5.79. The Morgan fingerprint density at radius 2 is 2.38 bits per heavy atom. The standard InChI is InChI=1S/C11H19N3O2/c1-11(2,8-15)13-7-10(16)14-5-3-4-9(14)6-12/h9,13,15H,3-5,7-8H2,1-2H3. The van der Waals surface area contributed by atoms with Crippen LogP contribution in [0.2, 0.25) is 0 Å². The summed E-state index contributed by atoms with van der Waals surface area (Å²) in [4.78, 5) is 13.4. The Balaban J connectivity index is 2.44. The van der Waals surface area contributed by atoms with Gasteiger partial charge in [0.15, 0.2) is 0 Å². The van der Waals surface area contributed by atoms with Crippen molar-refractivity contribution in [2.24, 2.45) is 0 Å². The summed E-state index contributed by atoms with van der Waals surface area (Å²) < 4.78 is 0. The summed E-state index contributed by atoms with van der Waals surface area (Å²) >= 11 is 0. The van der Waals surface area contributed by atoms with Crippen molar-refractivity contribution < 1.29 is 9.90 Å². The van der Waals surface area contributed by atoms with Crippen molar-refractivity contribution in [1.29, 1.82) is 5.26 Å². The molecule has 5 nitrogen and oxygen atoms in total. The molecule has 1 rings (SSSR count). The fraction of sp³-hybridized carbons (Fsp3) is 0.818. The Morgan fingerprint density at radius 1 is 1.69 bits per heavy atom. The number of aliphatic hydroxyl groups excluding tert-OH is 1. The Morgan fingerprint density at radius 3 is 2.94 bits per heavy atom. The molecule has 5 heteroatoms. The van der Waals surface area contributed by atoms with Crippen LogP contribution in [0.5, 0.6) is 0 Å². The highest BCUT2D eigenvalue weighted by atomic mass is 16.3. The van der Waals surface area contributed by atoms with Crippen molar-refractivity contribution >= 4 is 5.91 Å². The molecule has 0 spiro atoms. The van der Waals surface area contributed by atoms with Crippen molar-refractivity contribution in [3.8, 4) is 6.07 Å². The van der Waals surface area contributed by atoms with Gasteiger partial charge in [-0.05, 0) is 26.7 Å². The molecule has 1 atom stereocenters. The second-order valence-corrected chi connectivity index (χ2v) is 4.77. The molecule has 1 heterocycles. The third-order valence-electron chi connectivity index (χ3n) is 2.84. The molecule has 0 aromatic carbocycles. The minimum Gasteiger partial charge on any atom is -0.394 e. The maximum Gasteiger partial charge on any atom is 0.237 e. The number of aliphatic hydroxyl groups is 1. The van der Waals surface area contributed by atoms with Crippen LogP contribution < -0.4 is 5.32 Å². The Kier molecular flexibility index (Phi) is 4.27. The number of hydrogen-bond donors (Lipinski definition) is 2. The van der Waals surface area contributed by atoms with Gasteiger partial charge in [-0.1, -0.05) is 0 Å². The smallest absolute Gasteiger partial charge is 0.237 e. The Labute approximate surface area is 96.0 Å². The Hall–Kier alpha value is -1.12. The molecule has 0 bridgehead atoms. The van der Waals surface area contributed by atoms with E-state index < -0.39 is 5.54 Å². The van der Waals surface area contributed by atoms with Crippen molar-refractivity contribution in [2.45, 2.75) is 38.3 Å². The first-order valence-corrected chi connectivity index (χ1v) is 5.55. The van der Waals surface area contributed by atoms with Crippen LogP contribution in [0.4, 0.5) is 0 Å². The summed E-state index contributed by atoms with van der Waals surface area (Å²) in [5, 5.41) is 20.9. The van der Waals surface area contributed by atoms with Gasteiger partial charge in [0.1, 0.15) is 6.04 Å². The number of nitrogens with zero attached hydrogens (tertiary/aromatic N) is 2. The summed E-state index contributed by atoms with van der Waals surface area (Å²) in [6, 6.07) is 1.86. The number of carbonyl (C=O) groups is 1. The lowest BCUT2D eigenvalue weighted by molar-refractivity contribution is -0.130. The van der Waals surface area contributed by atoms with Crippen LogP contribution >= 0.6 is 0 Å². The minimum absolute atomic E-state index is 0.0258. The van der Waals surface area contributed by atoms with Crippen LogP contribution in [0.1, 0.15) is 26.7 Å². The molecule has 0 aromatic rings. The average Bonchev–Trinajstić information content (AvgIpc) is 2.74. The number of nitriles is 1. The van der Waals surface area contributed by atoms with Gasteiger partial charge in [0.2, 0.25) is 5.91 Å². The molecule has 1 aliphatic rings. The van der Waals surface area contributed by atoms with Gasteiger partial charge in [-0.3, -0.25) is 4.79 Å². The van der Waals surface area contributed by atoms with Gasteiger partial charge in [-0.15, -0.1) is 0 Å². The van der Waals surface area contributed by atoms with E-state index in [1.807, 2.05) is 13.8 Å².